The third-order valence-electron chi connectivity index (χ3n) is 3.40. The number of nitrogens with two attached hydrogens (primary N) is 1. The molecule has 1 aliphatic heterocycles. The Balaban J connectivity index is 2.42. The van der Waals surface area contributed by atoms with Crippen molar-refractivity contribution in [2.75, 3.05) is 37.8 Å². The van der Waals surface area contributed by atoms with Crippen LogP contribution in [0.2, 0.25) is 10.0 Å². The van der Waals surface area contributed by atoms with E-state index in [1.165, 1.54) is 0 Å². The summed E-state index contributed by atoms with van der Waals surface area (Å²) in [7, 11) is 0. The van der Waals surface area contributed by atoms with Crippen LogP contribution in [0.5, 0.6) is 0 Å². The van der Waals surface area contributed by atoms with Crippen molar-refractivity contribution in [2.45, 2.75) is 13.0 Å². The quantitative estimate of drug-likeness (QED) is 0.898. The Labute approximate surface area is 123 Å². The number of ether oxygens (including phenoxy) is 1. The van der Waals surface area contributed by atoms with Crippen LogP contribution in [0, 0.1) is 6.92 Å². The van der Waals surface area contributed by atoms with E-state index in [9.17, 15) is 5.11 Å². The molecule has 1 heterocycles. The molecule has 1 aliphatic rings. The highest BCUT2D eigenvalue weighted by Crippen LogP contribution is 2.39. The Morgan fingerprint density at radius 2 is 2.05 bits per heavy atom. The molecule has 0 radical (unpaired) electrons. The fourth-order valence-corrected chi connectivity index (χ4v) is 2.99. The van der Waals surface area contributed by atoms with E-state index < -0.39 is 6.04 Å². The molecule has 0 amide bonds. The molecule has 6 heteroatoms. The molecule has 0 saturated carbocycles. The Morgan fingerprint density at radius 1 is 1.42 bits per heavy atom. The highest BCUT2D eigenvalue weighted by atomic mass is 35.5. The van der Waals surface area contributed by atoms with Crippen molar-refractivity contribution in [3.05, 3.63) is 27.2 Å². The number of hydrogen-bond acceptors (Lipinski definition) is 4. The molecule has 0 aliphatic carbocycles. The van der Waals surface area contributed by atoms with Crippen molar-refractivity contribution in [3.63, 3.8) is 0 Å². The van der Waals surface area contributed by atoms with Crippen molar-refractivity contribution in [1.29, 1.82) is 0 Å². The Hall–Kier alpha value is -0.520. The largest absolute Gasteiger partial charge is 0.394 e. The van der Waals surface area contributed by atoms with Gasteiger partial charge in [-0.25, -0.2) is 0 Å². The van der Waals surface area contributed by atoms with Gasteiger partial charge in [-0.05, 0) is 24.1 Å². The first-order valence-electron chi connectivity index (χ1n) is 6.24. The Bertz CT molecular complexity index is 462. The van der Waals surface area contributed by atoms with Gasteiger partial charge in [0, 0.05) is 13.1 Å². The zero-order valence-corrected chi connectivity index (χ0v) is 12.3. The fourth-order valence-electron chi connectivity index (χ4n) is 2.28. The van der Waals surface area contributed by atoms with E-state index in [-0.39, 0.29) is 6.61 Å². The molecule has 3 N–H and O–H groups in total. The van der Waals surface area contributed by atoms with Crippen LogP contribution in [0.4, 0.5) is 5.69 Å². The average Bonchev–Trinajstić information content (AvgIpc) is 2.43. The van der Waals surface area contributed by atoms with Crippen LogP contribution in [0.3, 0.4) is 0 Å². The topological polar surface area (TPSA) is 58.7 Å². The summed E-state index contributed by atoms with van der Waals surface area (Å²) in [5.41, 5.74) is 8.35. The van der Waals surface area contributed by atoms with Crippen LogP contribution >= 0.6 is 23.2 Å². The zero-order valence-electron chi connectivity index (χ0n) is 10.8. The van der Waals surface area contributed by atoms with Crippen molar-refractivity contribution in [1.82, 2.24) is 0 Å². The van der Waals surface area contributed by atoms with E-state index in [0.29, 0.717) is 23.3 Å². The summed E-state index contributed by atoms with van der Waals surface area (Å²) in [6.07, 6.45) is 0. The van der Waals surface area contributed by atoms with Crippen LogP contribution in [-0.2, 0) is 4.74 Å². The normalized spacial score (nSPS) is 17.6. The van der Waals surface area contributed by atoms with E-state index in [4.69, 9.17) is 33.7 Å². The number of aliphatic hydroxyl groups excluding tert-OH is 1. The first-order chi connectivity index (χ1) is 9.06. The van der Waals surface area contributed by atoms with Gasteiger partial charge in [-0.15, -0.1) is 0 Å². The van der Waals surface area contributed by atoms with Crippen LogP contribution in [-0.4, -0.2) is 38.0 Å². The second-order valence-electron chi connectivity index (χ2n) is 4.62. The van der Waals surface area contributed by atoms with Gasteiger partial charge < -0.3 is 20.5 Å². The summed E-state index contributed by atoms with van der Waals surface area (Å²) in [4.78, 5) is 2.12. The molecular weight excluding hydrogens is 287 g/mol. The molecule has 1 aromatic rings. The molecule has 4 nitrogen and oxygen atoms in total. The highest BCUT2D eigenvalue weighted by Gasteiger charge is 2.22. The van der Waals surface area contributed by atoms with Gasteiger partial charge >= 0.3 is 0 Å². The molecule has 1 aromatic carbocycles. The summed E-state index contributed by atoms with van der Waals surface area (Å²) in [5.74, 6) is 0. The third-order valence-corrected chi connectivity index (χ3v) is 4.15. The number of morpholine rings is 1. The number of rotatable bonds is 3. The smallest absolute Gasteiger partial charge is 0.0749 e. The summed E-state index contributed by atoms with van der Waals surface area (Å²) in [5, 5.41) is 10.3. The Morgan fingerprint density at radius 3 is 2.63 bits per heavy atom. The fraction of sp³-hybridized carbons (Fsp3) is 0.538. The SMILES string of the molecule is Cc1c([C@H](N)CO)cc(Cl)c(N2CCOCC2)c1Cl. The number of nitrogens with zero attached hydrogens (tertiary/aromatic N) is 1. The predicted octanol–water partition coefficient (Wildman–Crippen LogP) is 2.13. The maximum Gasteiger partial charge on any atom is 0.0749 e. The van der Waals surface area contributed by atoms with Crippen LogP contribution < -0.4 is 10.6 Å². The number of anilines is 1. The van der Waals surface area contributed by atoms with Crippen molar-refractivity contribution < 1.29 is 9.84 Å². The minimum Gasteiger partial charge on any atom is -0.394 e. The van der Waals surface area contributed by atoms with Crippen molar-refractivity contribution >= 4 is 28.9 Å². The molecule has 0 bridgehead atoms. The maximum absolute atomic E-state index is 9.17. The molecule has 0 spiro atoms. The Kier molecular flexibility index (Phi) is 4.92. The summed E-state index contributed by atoms with van der Waals surface area (Å²) >= 11 is 12.8. The van der Waals surface area contributed by atoms with E-state index in [0.717, 1.165) is 29.9 Å². The predicted molar refractivity (Wildman–Crippen MR) is 78.2 cm³/mol. The number of halogens is 2. The van der Waals surface area contributed by atoms with Gasteiger partial charge in [0.2, 0.25) is 0 Å². The van der Waals surface area contributed by atoms with Crippen molar-refractivity contribution in [3.8, 4) is 0 Å². The van der Waals surface area contributed by atoms with E-state index in [2.05, 4.69) is 4.90 Å². The molecule has 19 heavy (non-hydrogen) atoms. The standard InChI is InChI=1S/C13H18Cl2N2O2/c1-8-9(11(16)7-18)6-10(14)13(12(8)15)17-2-4-19-5-3-17/h6,11,18H,2-5,7,16H2,1H3/t11-/m1/s1. The number of hydrogen-bond donors (Lipinski definition) is 2. The molecular formula is C13H18Cl2N2O2. The zero-order chi connectivity index (χ0) is 14.0. The molecule has 0 aromatic heterocycles. The van der Waals surface area contributed by atoms with Gasteiger partial charge in [-0.3, -0.25) is 0 Å². The van der Waals surface area contributed by atoms with Crippen LogP contribution in [0.25, 0.3) is 0 Å². The summed E-state index contributed by atoms with van der Waals surface area (Å²) < 4.78 is 5.33. The van der Waals surface area contributed by atoms with Gasteiger partial charge in [-0.1, -0.05) is 23.2 Å². The third kappa shape index (κ3) is 2.98. The summed E-state index contributed by atoms with van der Waals surface area (Å²) in [6.45, 7) is 4.64. The van der Waals surface area contributed by atoms with Gasteiger partial charge in [-0.2, -0.15) is 0 Å². The lowest BCUT2D eigenvalue weighted by molar-refractivity contribution is 0.122. The second-order valence-corrected chi connectivity index (χ2v) is 5.41. The van der Waals surface area contributed by atoms with E-state index in [1.807, 2.05) is 6.92 Å². The van der Waals surface area contributed by atoms with Gasteiger partial charge in [0.25, 0.3) is 0 Å². The van der Waals surface area contributed by atoms with Crippen molar-refractivity contribution in [2.24, 2.45) is 5.73 Å². The van der Waals surface area contributed by atoms with E-state index in [1.54, 1.807) is 6.07 Å². The minimum absolute atomic E-state index is 0.135. The molecule has 1 atom stereocenters. The molecule has 0 unspecified atom stereocenters. The number of aliphatic hydroxyl groups is 1. The van der Waals surface area contributed by atoms with Gasteiger partial charge in [0.05, 0.1) is 41.6 Å². The lowest BCUT2D eigenvalue weighted by Gasteiger charge is -2.31. The molecule has 1 fully saturated rings. The van der Waals surface area contributed by atoms with E-state index >= 15 is 0 Å². The van der Waals surface area contributed by atoms with Crippen LogP contribution in [0.15, 0.2) is 6.07 Å². The second kappa shape index (κ2) is 6.29. The van der Waals surface area contributed by atoms with Gasteiger partial charge in [0.1, 0.15) is 0 Å². The molecule has 1 saturated heterocycles. The summed E-state index contributed by atoms with van der Waals surface area (Å²) in [6, 6.07) is 1.34. The highest BCUT2D eigenvalue weighted by molar-refractivity contribution is 6.39. The first kappa shape index (κ1) is 14.9. The maximum atomic E-state index is 9.17. The first-order valence-corrected chi connectivity index (χ1v) is 6.99. The lowest BCUT2D eigenvalue weighted by atomic mass is 10.0. The average molecular weight is 305 g/mol. The molecule has 106 valence electrons. The lowest BCUT2D eigenvalue weighted by Crippen LogP contribution is -2.36. The van der Waals surface area contributed by atoms with Crippen LogP contribution in [0.1, 0.15) is 17.2 Å². The number of benzene rings is 1. The minimum atomic E-state index is -0.464. The van der Waals surface area contributed by atoms with Gasteiger partial charge in [0.15, 0.2) is 0 Å². The monoisotopic (exact) mass is 304 g/mol. The molecule has 2 rings (SSSR count).